The standard InChI is InChI=1S/C16H19NO3/c1-5-10-17-16(18)9-7-13-6-8-14(20-12(2)3)15(11-13)19-4/h1,6-9,11-12H,10H2,2-4H3,(H,17,18). The number of rotatable bonds is 6. The summed E-state index contributed by atoms with van der Waals surface area (Å²) in [6, 6.07) is 5.48. The van der Waals surface area contributed by atoms with Gasteiger partial charge in [-0.1, -0.05) is 12.0 Å². The van der Waals surface area contributed by atoms with Crippen molar-refractivity contribution in [3.05, 3.63) is 29.8 Å². The van der Waals surface area contributed by atoms with Crippen molar-refractivity contribution in [2.45, 2.75) is 20.0 Å². The molecular formula is C16H19NO3. The van der Waals surface area contributed by atoms with Crippen molar-refractivity contribution in [2.75, 3.05) is 13.7 Å². The molecule has 0 aliphatic carbocycles. The Morgan fingerprint density at radius 3 is 2.80 bits per heavy atom. The van der Waals surface area contributed by atoms with E-state index in [2.05, 4.69) is 11.2 Å². The van der Waals surface area contributed by atoms with Crippen LogP contribution in [-0.2, 0) is 4.79 Å². The van der Waals surface area contributed by atoms with Gasteiger partial charge in [0.25, 0.3) is 0 Å². The Morgan fingerprint density at radius 2 is 2.20 bits per heavy atom. The van der Waals surface area contributed by atoms with Gasteiger partial charge in [-0.25, -0.2) is 0 Å². The van der Waals surface area contributed by atoms with Crippen LogP contribution in [0.2, 0.25) is 0 Å². The molecule has 0 aliphatic heterocycles. The summed E-state index contributed by atoms with van der Waals surface area (Å²) < 4.78 is 10.9. The van der Waals surface area contributed by atoms with Crippen molar-refractivity contribution < 1.29 is 14.3 Å². The van der Waals surface area contributed by atoms with Gasteiger partial charge in [-0.05, 0) is 37.6 Å². The lowest BCUT2D eigenvalue weighted by Crippen LogP contribution is -2.20. The Hall–Kier alpha value is -2.41. The lowest BCUT2D eigenvalue weighted by molar-refractivity contribution is -0.116. The van der Waals surface area contributed by atoms with Crippen molar-refractivity contribution in [3.63, 3.8) is 0 Å². The average Bonchev–Trinajstić information content (AvgIpc) is 2.43. The monoisotopic (exact) mass is 273 g/mol. The van der Waals surface area contributed by atoms with Crippen molar-refractivity contribution >= 4 is 12.0 Å². The summed E-state index contributed by atoms with van der Waals surface area (Å²) in [5.74, 6) is 3.41. The summed E-state index contributed by atoms with van der Waals surface area (Å²) in [5.41, 5.74) is 0.841. The zero-order valence-electron chi connectivity index (χ0n) is 12.0. The third-order valence-corrected chi connectivity index (χ3v) is 2.34. The molecule has 4 nitrogen and oxygen atoms in total. The minimum absolute atomic E-state index is 0.0693. The molecule has 0 fully saturated rings. The Morgan fingerprint density at radius 1 is 1.45 bits per heavy atom. The van der Waals surface area contributed by atoms with Crippen LogP contribution in [-0.4, -0.2) is 25.7 Å². The Labute approximate surface area is 119 Å². The highest BCUT2D eigenvalue weighted by atomic mass is 16.5. The lowest BCUT2D eigenvalue weighted by atomic mass is 10.2. The lowest BCUT2D eigenvalue weighted by Gasteiger charge is -2.13. The number of methoxy groups -OCH3 is 1. The summed E-state index contributed by atoms with van der Waals surface area (Å²) >= 11 is 0. The predicted octanol–water partition coefficient (Wildman–Crippen LogP) is 2.25. The van der Waals surface area contributed by atoms with Crippen LogP contribution in [0.4, 0.5) is 0 Å². The molecule has 0 bridgehead atoms. The van der Waals surface area contributed by atoms with E-state index in [1.807, 2.05) is 32.0 Å². The fourth-order valence-corrected chi connectivity index (χ4v) is 1.51. The fourth-order valence-electron chi connectivity index (χ4n) is 1.51. The molecule has 0 aliphatic rings. The highest BCUT2D eigenvalue weighted by Gasteiger charge is 2.06. The predicted molar refractivity (Wildman–Crippen MR) is 79.6 cm³/mol. The van der Waals surface area contributed by atoms with Crippen molar-refractivity contribution in [3.8, 4) is 23.8 Å². The van der Waals surface area contributed by atoms with Gasteiger partial charge in [-0.3, -0.25) is 4.79 Å². The van der Waals surface area contributed by atoms with E-state index in [0.717, 1.165) is 5.56 Å². The van der Waals surface area contributed by atoms with E-state index in [-0.39, 0.29) is 18.6 Å². The summed E-state index contributed by atoms with van der Waals surface area (Å²) in [4.78, 5) is 11.4. The van der Waals surface area contributed by atoms with E-state index in [0.29, 0.717) is 11.5 Å². The molecule has 0 atom stereocenters. The average molecular weight is 273 g/mol. The van der Waals surface area contributed by atoms with Gasteiger partial charge in [-0.2, -0.15) is 0 Å². The maximum absolute atomic E-state index is 11.4. The van der Waals surface area contributed by atoms with Gasteiger partial charge in [-0.15, -0.1) is 6.42 Å². The molecule has 0 radical (unpaired) electrons. The summed E-state index contributed by atoms with van der Waals surface area (Å²) in [5, 5.41) is 2.55. The van der Waals surface area contributed by atoms with E-state index in [4.69, 9.17) is 15.9 Å². The molecule has 1 aromatic carbocycles. The fraction of sp³-hybridized carbons (Fsp3) is 0.312. The first-order chi connectivity index (χ1) is 9.56. The van der Waals surface area contributed by atoms with Crippen LogP contribution in [0.15, 0.2) is 24.3 Å². The molecule has 0 aromatic heterocycles. The van der Waals surface area contributed by atoms with Crippen molar-refractivity contribution in [2.24, 2.45) is 0 Å². The Balaban J connectivity index is 2.80. The second-order valence-corrected chi connectivity index (χ2v) is 4.33. The second-order valence-electron chi connectivity index (χ2n) is 4.33. The maximum atomic E-state index is 11.4. The molecule has 1 N–H and O–H groups in total. The Bertz CT molecular complexity index is 527. The van der Waals surface area contributed by atoms with Crippen LogP contribution in [0.3, 0.4) is 0 Å². The van der Waals surface area contributed by atoms with E-state index in [1.54, 1.807) is 13.2 Å². The van der Waals surface area contributed by atoms with Crippen LogP contribution in [0.5, 0.6) is 11.5 Å². The van der Waals surface area contributed by atoms with Gasteiger partial charge in [0, 0.05) is 6.08 Å². The summed E-state index contributed by atoms with van der Waals surface area (Å²) in [6.07, 6.45) is 8.24. The van der Waals surface area contributed by atoms with Crippen molar-refractivity contribution in [1.29, 1.82) is 0 Å². The van der Waals surface area contributed by atoms with Gasteiger partial charge in [0.2, 0.25) is 5.91 Å². The molecule has 0 heterocycles. The Kier molecular flexibility index (Phi) is 6.18. The van der Waals surface area contributed by atoms with Crippen LogP contribution in [0.1, 0.15) is 19.4 Å². The summed E-state index contributed by atoms with van der Waals surface area (Å²) in [7, 11) is 1.58. The number of carbonyl (C=O) groups is 1. The topological polar surface area (TPSA) is 47.6 Å². The molecule has 0 saturated heterocycles. The smallest absolute Gasteiger partial charge is 0.244 e. The van der Waals surface area contributed by atoms with E-state index >= 15 is 0 Å². The number of carbonyl (C=O) groups excluding carboxylic acids is 1. The molecule has 106 valence electrons. The maximum Gasteiger partial charge on any atom is 0.244 e. The normalized spacial score (nSPS) is 10.3. The highest BCUT2D eigenvalue weighted by molar-refractivity contribution is 5.91. The number of amides is 1. The van der Waals surface area contributed by atoms with E-state index in [9.17, 15) is 4.79 Å². The van der Waals surface area contributed by atoms with Crippen LogP contribution >= 0.6 is 0 Å². The van der Waals surface area contributed by atoms with Crippen LogP contribution in [0.25, 0.3) is 6.08 Å². The van der Waals surface area contributed by atoms with Crippen molar-refractivity contribution in [1.82, 2.24) is 5.32 Å². The SMILES string of the molecule is C#CCNC(=O)C=Cc1ccc(OC(C)C)c(OC)c1. The van der Waals surface area contributed by atoms with Gasteiger partial charge in [0.05, 0.1) is 19.8 Å². The van der Waals surface area contributed by atoms with Gasteiger partial charge in [0.15, 0.2) is 11.5 Å². The zero-order valence-corrected chi connectivity index (χ0v) is 12.0. The number of hydrogen-bond donors (Lipinski definition) is 1. The molecule has 0 saturated carbocycles. The van der Waals surface area contributed by atoms with Crippen LogP contribution in [0, 0.1) is 12.3 Å². The van der Waals surface area contributed by atoms with E-state index < -0.39 is 0 Å². The first-order valence-corrected chi connectivity index (χ1v) is 6.31. The summed E-state index contributed by atoms with van der Waals surface area (Å²) in [6.45, 7) is 4.11. The van der Waals surface area contributed by atoms with Gasteiger partial charge >= 0.3 is 0 Å². The number of hydrogen-bond acceptors (Lipinski definition) is 3. The third-order valence-electron chi connectivity index (χ3n) is 2.34. The number of nitrogens with one attached hydrogen (secondary N) is 1. The molecule has 0 unspecified atom stereocenters. The molecule has 1 amide bonds. The molecule has 20 heavy (non-hydrogen) atoms. The number of benzene rings is 1. The second kappa shape index (κ2) is 7.90. The quantitative estimate of drug-likeness (QED) is 0.639. The number of ether oxygens (including phenoxy) is 2. The van der Waals surface area contributed by atoms with E-state index in [1.165, 1.54) is 6.08 Å². The molecule has 1 aromatic rings. The molecule has 4 heteroatoms. The minimum Gasteiger partial charge on any atom is -0.493 e. The first-order valence-electron chi connectivity index (χ1n) is 6.31. The zero-order chi connectivity index (χ0) is 15.0. The van der Waals surface area contributed by atoms with Gasteiger partial charge in [0.1, 0.15) is 0 Å². The third kappa shape index (κ3) is 5.07. The highest BCUT2D eigenvalue weighted by Crippen LogP contribution is 2.29. The largest absolute Gasteiger partial charge is 0.493 e. The molecular weight excluding hydrogens is 254 g/mol. The number of terminal acetylenes is 1. The molecule has 0 spiro atoms. The van der Waals surface area contributed by atoms with Crippen LogP contribution < -0.4 is 14.8 Å². The molecule has 1 rings (SSSR count). The first kappa shape index (κ1) is 15.6. The minimum atomic E-state index is -0.232. The van der Waals surface area contributed by atoms with Gasteiger partial charge < -0.3 is 14.8 Å².